The van der Waals surface area contributed by atoms with Crippen LogP contribution < -0.4 is 0 Å². The quantitative estimate of drug-likeness (QED) is 0.867. The van der Waals surface area contributed by atoms with Crippen molar-refractivity contribution in [2.45, 2.75) is 18.6 Å². The molecule has 1 fully saturated rings. The maximum Gasteiger partial charge on any atom is 0.267 e. The fourth-order valence-electron chi connectivity index (χ4n) is 2.23. The lowest BCUT2D eigenvalue weighted by Crippen LogP contribution is -2.56. The van der Waals surface area contributed by atoms with Gasteiger partial charge >= 0.3 is 0 Å². The number of likely N-dealkylation sites (tertiary alicyclic amines) is 1. The summed E-state index contributed by atoms with van der Waals surface area (Å²) in [6, 6.07) is 3.05. The Balaban J connectivity index is 1.70. The van der Waals surface area contributed by atoms with Crippen LogP contribution >= 0.6 is 0 Å². The zero-order valence-electron chi connectivity index (χ0n) is 10.4. The van der Waals surface area contributed by atoms with E-state index in [9.17, 15) is 13.6 Å². The third kappa shape index (κ3) is 2.24. The largest absolute Gasteiger partial charge is 0.389 e. The van der Waals surface area contributed by atoms with Crippen molar-refractivity contribution in [2.75, 3.05) is 13.1 Å². The van der Waals surface area contributed by atoms with Crippen molar-refractivity contribution >= 4 is 11.6 Å². The molecule has 1 atom stereocenters. The molecule has 2 heterocycles. The zero-order chi connectivity index (χ0) is 14.3. The number of hydrogen-bond acceptors (Lipinski definition) is 4. The minimum absolute atomic E-state index is 0.00365. The number of oxime groups is 1. The highest BCUT2D eigenvalue weighted by atomic mass is 19.1. The van der Waals surface area contributed by atoms with Gasteiger partial charge in [0, 0.05) is 25.1 Å². The molecule has 2 aliphatic heterocycles. The number of carbonyl (C=O) groups is 1. The normalized spacial score (nSPS) is 22.2. The topological polar surface area (TPSA) is 62.1 Å². The number of halogens is 2. The predicted octanol–water partition coefficient (Wildman–Crippen LogP) is 0.661. The Morgan fingerprint density at radius 2 is 2.15 bits per heavy atom. The summed E-state index contributed by atoms with van der Waals surface area (Å²) in [7, 11) is 0. The Morgan fingerprint density at radius 1 is 1.40 bits per heavy atom. The second kappa shape index (κ2) is 4.82. The van der Waals surface area contributed by atoms with Crippen LogP contribution in [0.2, 0.25) is 0 Å². The van der Waals surface area contributed by atoms with Gasteiger partial charge in [0.1, 0.15) is 11.6 Å². The monoisotopic (exact) mass is 282 g/mol. The van der Waals surface area contributed by atoms with Crippen molar-refractivity contribution < 1.29 is 23.5 Å². The molecule has 0 aromatic heterocycles. The molecule has 0 radical (unpaired) electrons. The number of benzene rings is 1. The van der Waals surface area contributed by atoms with Gasteiger partial charge in [-0.25, -0.2) is 8.78 Å². The summed E-state index contributed by atoms with van der Waals surface area (Å²) in [6.07, 6.45) is -1.24. The fourth-order valence-corrected chi connectivity index (χ4v) is 2.23. The van der Waals surface area contributed by atoms with Crippen LogP contribution in [0.1, 0.15) is 12.0 Å². The highest BCUT2D eigenvalue weighted by Gasteiger charge is 2.38. The van der Waals surface area contributed by atoms with Crippen LogP contribution in [0.4, 0.5) is 8.78 Å². The lowest BCUT2D eigenvalue weighted by atomic mass is 10.0. The summed E-state index contributed by atoms with van der Waals surface area (Å²) in [6.45, 7) is 0.532. The van der Waals surface area contributed by atoms with E-state index in [-0.39, 0.29) is 36.7 Å². The molecule has 0 unspecified atom stereocenters. The van der Waals surface area contributed by atoms with E-state index in [1.54, 1.807) is 0 Å². The first kappa shape index (κ1) is 13.0. The predicted molar refractivity (Wildman–Crippen MR) is 65.0 cm³/mol. The van der Waals surface area contributed by atoms with Gasteiger partial charge in [-0.2, -0.15) is 0 Å². The highest BCUT2D eigenvalue weighted by Crippen LogP contribution is 2.22. The average Bonchev–Trinajstić information content (AvgIpc) is 2.86. The number of carbonyl (C=O) groups excluding carboxylic acids is 1. The summed E-state index contributed by atoms with van der Waals surface area (Å²) in [5.41, 5.74) is 0.213. The molecule has 0 aliphatic carbocycles. The van der Waals surface area contributed by atoms with Crippen LogP contribution in [0.15, 0.2) is 23.4 Å². The van der Waals surface area contributed by atoms with Gasteiger partial charge in [0.05, 0.1) is 11.8 Å². The lowest BCUT2D eigenvalue weighted by Gasteiger charge is -2.36. The van der Waals surface area contributed by atoms with Crippen molar-refractivity contribution in [1.29, 1.82) is 0 Å². The van der Waals surface area contributed by atoms with E-state index in [4.69, 9.17) is 9.94 Å². The molecule has 1 amide bonds. The Kier molecular flexibility index (Phi) is 3.13. The molecular formula is C13H12F2N2O3. The van der Waals surface area contributed by atoms with Crippen LogP contribution in [0, 0.1) is 11.6 Å². The molecule has 0 bridgehead atoms. The summed E-state index contributed by atoms with van der Waals surface area (Å²) < 4.78 is 26.7. The maximum absolute atomic E-state index is 13.6. The minimum atomic E-state index is -0.833. The molecule has 1 saturated heterocycles. The third-order valence-corrected chi connectivity index (χ3v) is 3.36. The molecule has 20 heavy (non-hydrogen) atoms. The van der Waals surface area contributed by atoms with Crippen LogP contribution in [0.25, 0.3) is 0 Å². The summed E-state index contributed by atoms with van der Waals surface area (Å²) >= 11 is 0. The van der Waals surface area contributed by atoms with E-state index < -0.39 is 23.8 Å². The molecule has 3 rings (SSSR count). The van der Waals surface area contributed by atoms with Gasteiger partial charge < -0.3 is 14.8 Å². The lowest BCUT2D eigenvalue weighted by molar-refractivity contribution is -0.152. The molecular weight excluding hydrogens is 270 g/mol. The smallest absolute Gasteiger partial charge is 0.267 e. The first-order valence-electron chi connectivity index (χ1n) is 6.19. The average molecular weight is 282 g/mol. The third-order valence-electron chi connectivity index (χ3n) is 3.36. The summed E-state index contributed by atoms with van der Waals surface area (Å²) in [5, 5.41) is 12.8. The van der Waals surface area contributed by atoms with Crippen molar-refractivity contribution in [3.05, 3.63) is 35.4 Å². The molecule has 1 aromatic rings. The molecule has 0 saturated carbocycles. The second-order valence-electron chi connectivity index (χ2n) is 4.86. The Labute approximate surface area is 113 Å². The first-order valence-corrected chi connectivity index (χ1v) is 6.19. The standard InChI is InChI=1S/C13H12F2N2O3/c14-7-1-2-10(15)9(3-7)11-4-12(20-16-11)13(19)17-5-8(18)6-17/h1-3,8,12,18H,4-6H2/t12-/m1/s1. The van der Waals surface area contributed by atoms with Gasteiger partial charge in [-0.1, -0.05) is 5.16 Å². The van der Waals surface area contributed by atoms with E-state index >= 15 is 0 Å². The summed E-state index contributed by atoms with van der Waals surface area (Å²) in [5.74, 6) is -1.49. The summed E-state index contributed by atoms with van der Waals surface area (Å²) in [4.78, 5) is 18.4. The zero-order valence-corrected chi connectivity index (χ0v) is 10.4. The van der Waals surface area contributed by atoms with Crippen LogP contribution in [-0.2, 0) is 9.63 Å². The van der Waals surface area contributed by atoms with Gasteiger partial charge in [0.2, 0.25) is 6.10 Å². The molecule has 1 N–H and O–H groups in total. The second-order valence-corrected chi connectivity index (χ2v) is 4.86. The number of aliphatic hydroxyl groups excluding tert-OH is 1. The van der Waals surface area contributed by atoms with Crippen LogP contribution in [0.3, 0.4) is 0 Å². The first-order chi connectivity index (χ1) is 9.54. The Hall–Kier alpha value is -2.02. The van der Waals surface area contributed by atoms with Crippen LogP contribution in [0.5, 0.6) is 0 Å². The SMILES string of the molecule is O=C([C@H]1CC(c2cc(F)ccc2F)=NO1)N1CC(O)C1. The molecule has 1 aromatic carbocycles. The fraction of sp³-hybridized carbons (Fsp3) is 0.385. The number of rotatable bonds is 2. The Bertz CT molecular complexity index is 585. The van der Waals surface area contributed by atoms with Crippen molar-refractivity contribution in [2.24, 2.45) is 5.16 Å². The molecule has 7 heteroatoms. The van der Waals surface area contributed by atoms with E-state index in [1.165, 1.54) is 4.90 Å². The van der Waals surface area contributed by atoms with E-state index in [0.29, 0.717) is 0 Å². The molecule has 5 nitrogen and oxygen atoms in total. The van der Waals surface area contributed by atoms with Gasteiger partial charge in [-0.05, 0) is 18.2 Å². The number of aliphatic hydroxyl groups is 1. The Morgan fingerprint density at radius 3 is 2.85 bits per heavy atom. The van der Waals surface area contributed by atoms with Gasteiger partial charge in [0.15, 0.2) is 0 Å². The maximum atomic E-state index is 13.6. The number of amides is 1. The van der Waals surface area contributed by atoms with Crippen molar-refractivity contribution in [1.82, 2.24) is 4.90 Å². The van der Waals surface area contributed by atoms with Gasteiger partial charge in [-0.15, -0.1) is 0 Å². The van der Waals surface area contributed by atoms with Crippen LogP contribution in [-0.4, -0.2) is 46.9 Å². The van der Waals surface area contributed by atoms with Crippen molar-refractivity contribution in [3.63, 3.8) is 0 Å². The molecule has 2 aliphatic rings. The van der Waals surface area contributed by atoms with Gasteiger partial charge in [0.25, 0.3) is 5.91 Å². The van der Waals surface area contributed by atoms with Crippen molar-refractivity contribution in [3.8, 4) is 0 Å². The molecule has 0 spiro atoms. The van der Waals surface area contributed by atoms with E-state index in [2.05, 4.69) is 5.16 Å². The number of hydrogen-bond donors (Lipinski definition) is 1. The highest BCUT2D eigenvalue weighted by molar-refractivity contribution is 6.04. The molecule has 106 valence electrons. The number of β-amino-alcohol motifs (C(OH)–C–C–N with tert-alkyl or cyclic N) is 1. The number of nitrogens with zero attached hydrogens (tertiary/aromatic N) is 2. The minimum Gasteiger partial charge on any atom is -0.389 e. The van der Waals surface area contributed by atoms with E-state index in [1.807, 2.05) is 0 Å². The van der Waals surface area contributed by atoms with E-state index in [0.717, 1.165) is 18.2 Å². The van der Waals surface area contributed by atoms with Gasteiger partial charge in [-0.3, -0.25) is 4.79 Å².